The number of carbonyl (C=O) groups is 2. The molecule has 21 heavy (non-hydrogen) atoms. The first kappa shape index (κ1) is 15.5. The Morgan fingerprint density at radius 2 is 2.24 bits per heavy atom. The van der Waals surface area contributed by atoms with E-state index >= 15 is 0 Å². The molecule has 0 bridgehead atoms. The number of hydrogen-bond donors (Lipinski definition) is 1. The molecule has 0 radical (unpaired) electrons. The van der Waals surface area contributed by atoms with Gasteiger partial charge in [0, 0.05) is 11.3 Å². The maximum absolute atomic E-state index is 11.8. The Morgan fingerprint density at radius 3 is 2.95 bits per heavy atom. The van der Waals surface area contributed by atoms with E-state index in [0.29, 0.717) is 17.0 Å². The molecule has 2 rings (SSSR count). The number of rotatable bonds is 6. The van der Waals surface area contributed by atoms with Crippen molar-refractivity contribution in [3.8, 4) is 6.07 Å². The van der Waals surface area contributed by atoms with E-state index in [0.717, 1.165) is 37.7 Å². The minimum atomic E-state index is -0.392. The number of aryl methyl sites for hydroxylation is 1. The first-order chi connectivity index (χ1) is 10.2. The lowest BCUT2D eigenvalue weighted by Gasteiger charge is -2.05. The fraction of sp³-hybridized carbons (Fsp3) is 0.533. The van der Waals surface area contributed by atoms with Crippen LogP contribution in [0.1, 0.15) is 48.6 Å². The van der Waals surface area contributed by atoms with Crippen molar-refractivity contribution >= 4 is 28.2 Å². The molecule has 1 aliphatic carbocycles. The average molecular weight is 306 g/mol. The number of fused-ring (bicyclic) bond motifs is 1. The second kappa shape index (κ2) is 7.23. The quantitative estimate of drug-likeness (QED) is 0.820. The third-order valence-corrected chi connectivity index (χ3v) is 4.59. The van der Waals surface area contributed by atoms with Gasteiger partial charge < -0.3 is 10.1 Å². The lowest BCUT2D eigenvalue weighted by Crippen LogP contribution is -2.20. The Labute approximate surface area is 127 Å². The Morgan fingerprint density at radius 1 is 1.43 bits per heavy atom. The predicted molar refractivity (Wildman–Crippen MR) is 80.2 cm³/mol. The number of amides is 1. The molecule has 6 heteroatoms. The van der Waals surface area contributed by atoms with E-state index in [1.807, 2.05) is 6.92 Å². The van der Waals surface area contributed by atoms with Crippen LogP contribution in [0.5, 0.6) is 0 Å². The van der Waals surface area contributed by atoms with Crippen LogP contribution in [-0.2, 0) is 27.2 Å². The summed E-state index contributed by atoms with van der Waals surface area (Å²) in [6, 6.07) is 2.16. The first-order valence-corrected chi connectivity index (χ1v) is 7.97. The maximum atomic E-state index is 11.8. The van der Waals surface area contributed by atoms with Crippen LogP contribution in [0.2, 0.25) is 0 Å². The summed E-state index contributed by atoms with van der Waals surface area (Å²) in [5.74, 6) is -0.752. The summed E-state index contributed by atoms with van der Waals surface area (Å²) in [6.07, 6.45) is 4.94. The lowest BCUT2D eigenvalue weighted by molar-refractivity contribution is -0.147. The van der Waals surface area contributed by atoms with Gasteiger partial charge in [-0.25, -0.2) is 0 Å². The van der Waals surface area contributed by atoms with Crippen molar-refractivity contribution in [2.75, 3.05) is 11.9 Å². The number of ether oxygens (including phenoxy) is 1. The summed E-state index contributed by atoms with van der Waals surface area (Å²) >= 11 is 1.45. The van der Waals surface area contributed by atoms with Gasteiger partial charge in [-0.3, -0.25) is 9.59 Å². The van der Waals surface area contributed by atoms with Gasteiger partial charge in [0.1, 0.15) is 11.1 Å². The molecule has 1 heterocycles. The van der Waals surface area contributed by atoms with Crippen LogP contribution in [0.15, 0.2) is 0 Å². The van der Waals surface area contributed by atoms with Crippen molar-refractivity contribution in [1.82, 2.24) is 0 Å². The van der Waals surface area contributed by atoms with Crippen molar-refractivity contribution in [3.05, 3.63) is 16.0 Å². The highest BCUT2D eigenvalue weighted by atomic mass is 32.1. The highest BCUT2D eigenvalue weighted by Crippen LogP contribution is 2.38. The van der Waals surface area contributed by atoms with Gasteiger partial charge in [-0.15, -0.1) is 11.3 Å². The molecule has 1 aromatic heterocycles. The molecule has 1 N–H and O–H groups in total. The lowest BCUT2D eigenvalue weighted by atomic mass is 10.1. The van der Waals surface area contributed by atoms with Crippen LogP contribution >= 0.6 is 11.3 Å². The molecule has 0 aliphatic heterocycles. The minimum absolute atomic E-state index is 0.296. The van der Waals surface area contributed by atoms with E-state index in [-0.39, 0.29) is 12.6 Å². The van der Waals surface area contributed by atoms with E-state index in [2.05, 4.69) is 11.4 Å². The van der Waals surface area contributed by atoms with Gasteiger partial charge in [0.05, 0.1) is 5.56 Å². The number of esters is 1. The summed E-state index contributed by atoms with van der Waals surface area (Å²) in [6.45, 7) is 1.69. The van der Waals surface area contributed by atoms with Gasteiger partial charge in [-0.1, -0.05) is 13.3 Å². The fourth-order valence-corrected chi connectivity index (χ4v) is 3.57. The molecule has 1 amide bonds. The van der Waals surface area contributed by atoms with Gasteiger partial charge in [0.25, 0.3) is 5.91 Å². The van der Waals surface area contributed by atoms with E-state index in [1.165, 1.54) is 16.2 Å². The van der Waals surface area contributed by atoms with Crippen LogP contribution in [0, 0.1) is 11.3 Å². The predicted octanol–water partition coefficient (Wildman–Crippen LogP) is 2.78. The summed E-state index contributed by atoms with van der Waals surface area (Å²) in [5.41, 5.74) is 1.64. The van der Waals surface area contributed by atoms with E-state index in [9.17, 15) is 14.9 Å². The molecule has 0 aromatic carbocycles. The van der Waals surface area contributed by atoms with E-state index in [1.54, 1.807) is 0 Å². The summed E-state index contributed by atoms with van der Waals surface area (Å²) < 4.78 is 4.90. The molecule has 0 saturated carbocycles. The second-order valence-corrected chi connectivity index (χ2v) is 6.09. The zero-order valence-corrected chi connectivity index (χ0v) is 12.8. The molecule has 0 unspecified atom stereocenters. The third-order valence-electron chi connectivity index (χ3n) is 3.38. The number of nitrogens with one attached hydrogen (secondary N) is 1. The van der Waals surface area contributed by atoms with Crippen LogP contribution in [0.25, 0.3) is 0 Å². The molecular formula is C15H18N2O3S. The van der Waals surface area contributed by atoms with Crippen molar-refractivity contribution < 1.29 is 14.3 Å². The number of anilines is 1. The van der Waals surface area contributed by atoms with Crippen molar-refractivity contribution in [1.29, 1.82) is 5.26 Å². The Balaban J connectivity index is 1.89. The fourth-order valence-electron chi connectivity index (χ4n) is 2.31. The van der Waals surface area contributed by atoms with Crippen molar-refractivity contribution in [2.24, 2.45) is 0 Å². The molecule has 1 aromatic rings. The van der Waals surface area contributed by atoms with Gasteiger partial charge in [0.2, 0.25) is 0 Å². The van der Waals surface area contributed by atoms with Crippen LogP contribution in [0.4, 0.5) is 5.00 Å². The smallest absolute Gasteiger partial charge is 0.306 e. The molecule has 1 aliphatic rings. The number of hydrogen-bond acceptors (Lipinski definition) is 5. The number of nitrogens with zero attached hydrogens (tertiary/aromatic N) is 1. The third kappa shape index (κ3) is 3.82. The topological polar surface area (TPSA) is 79.2 Å². The van der Waals surface area contributed by atoms with Crippen LogP contribution in [0.3, 0.4) is 0 Å². The Bertz CT molecular complexity index is 586. The first-order valence-electron chi connectivity index (χ1n) is 7.15. The largest absolute Gasteiger partial charge is 0.456 e. The van der Waals surface area contributed by atoms with E-state index < -0.39 is 5.91 Å². The van der Waals surface area contributed by atoms with Gasteiger partial charge in [0.15, 0.2) is 6.61 Å². The van der Waals surface area contributed by atoms with E-state index in [4.69, 9.17) is 4.74 Å². The highest BCUT2D eigenvalue weighted by molar-refractivity contribution is 7.16. The number of carbonyl (C=O) groups excluding carboxylic acids is 2. The van der Waals surface area contributed by atoms with Gasteiger partial charge in [-0.05, 0) is 31.2 Å². The molecular weight excluding hydrogens is 288 g/mol. The number of unbranched alkanes of at least 4 members (excludes halogenated alkanes) is 1. The monoisotopic (exact) mass is 306 g/mol. The number of thiophene rings is 1. The minimum Gasteiger partial charge on any atom is -0.456 e. The van der Waals surface area contributed by atoms with Crippen LogP contribution < -0.4 is 5.32 Å². The van der Waals surface area contributed by atoms with Crippen molar-refractivity contribution in [2.45, 2.75) is 45.4 Å². The van der Waals surface area contributed by atoms with Gasteiger partial charge in [-0.2, -0.15) is 5.26 Å². The standard InChI is InChI=1S/C15H18N2O3S/c1-2-3-7-14(19)20-9-13(18)17-15-11(8-16)10-5-4-6-12(10)21-15/h2-7,9H2,1H3,(H,17,18). The maximum Gasteiger partial charge on any atom is 0.306 e. The molecule has 0 spiro atoms. The SMILES string of the molecule is CCCCC(=O)OCC(=O)Nc1sc2c(c1C#N)CCC2. The van der Waals surface area contributed by atoms with Gasteiger partial charge >= 0.3 is 5.97 Å². The Kier molecular flexibility index (Phi) is 5.34. The second-order valence-electron chi connectivity index (χ2n) is 4.99. The average Bonchev–Trinajstić information content (AvgIpc) is 3.03. The molecule has 5 nitrogen and oxygen atoms in total. The van der Waals surface area contributed by atoms with Crippen LogP contribution in [-0.4, -0.2) is 18.5 Å². The Hall–Kier alpha value is -1.87. The summed E-state index contributed by atoms with van der Waals surface area (Å²) in [5, 5.41) is 12.5. The van der Waals surface area contributed by atoms with Crippen molar-refractivity contribution in [3.63, 3.8) is 0 Å². The highest BCUT2D eigenvalue weighted by Gasteiger charge is 2.23. The summed E-state index contributed by atoms with van der Waals surface area (Å²) in [7, 11) is 0. The molecule has 0 atom stereocenters. The summed E-state index contributed by atoms with van der Waals surface area (Å²) in [4.78, 5) is 24.3. The zero-order valence-electron chi connectivity index (χ0n) is 12.0. The number of nitriles is 1. The normalized spacial score (nSPS) is 12.6. The zero-order chi connectivity index (χ0) is 15.2. The molecule has 112 valence electrons. The molecule has 0 saturated heterocycles. The molecule has 0 fully saturated rings.